The van der Waals surface area contributed by atoms with Crippen molar-refractivity contribution in [2.75, 3.05) is 20.3 Å². The summed E-state index contributed by atoms with van der Waals surface area (Å²) in [5.41, 5.74) is -0.323. The number of ether oxygens (including phenoxy) is 2. The van der Waals surface area contributed by atoms with Crippen LogP contribution in [0.25, 0.3) is 0 Å². The fraction of sp³-hybridized carbons (Fsp3) is 0.385. The Hall–Kier alpha value is -2.37. The summed E-state index contributed by atoms with van der Waals surface area (Å²) in [6, 6.07) is 3.77. The molecule has 0 saturated carbocycles. The van der Waals surface area contributed by atoms with Gasteiger partial charge in [-0.2, -0.15) is 8.42 Å². The van der Waals surface area contributed by atoms with E-state index in [0.29, 0.717) is 0 Å². The number of esters is 1. The van der Waals surface area contributed by atoms with Crippen LogP contribution in [-0.4, -0.2) is 51.5 Å². The van der Waals surface area contributed by atoms with E-state index in [9.17, 15) is 28.1 Å². The summed E-state index contributed by atoms with van der Waals surface area (Å²) in [6.45, 7) is 0.846. The molecule has 10 nitrogen and oxygen atoms in total. The van der Waals surface area contributed by atoms with Gasteiger partial charge < -0.3 is 9.47 Å². The van der Waals surface area contributed by atoms with Gasteiger partial charge in [-0.15, -0.1) is 0 Å². The zero-order valence-corrected chi connectivity index (χ0v) is 13.6. The molecule has 1 rings (SSSR count). The van der Waals surface area contributed by atoms with Crippen LogP contribution in [0, 0.1) is 10.1 Å². The van der Waals surface area contributed by atoms with E-state index >= 15 is 0 Å². The number of carbonyl (C=O) groups is 2. The highest BCUT2D eigenvalue weighted by atomic mass is 32.2. The fourth-order valence-electron chi connectivity index (χ4n) is 1.49. The largest absolute Gasteiger partial charge is 0.461 e. The zero-order valence-electron chi connectivity index (χ0n) is 12.8. The van der Waals surface area contributed by atoms with E-state index in [4.69, 9.17) is 0 Å². The van der Waals surface area contributed by atoms with Crippen LogP contribution in [0.1, 0.15) is 6.92 Å². The number of nitrogens with zero attached hydrogens (tertiary/aromatic N) is 1. The molecule has 11 heteroatoms. The monoisotopic (exact) mass is 361 g/mol. The molecule has 0 spiro atoms. The van der Waals surface area contributed by atoms with Crippen molar-refractivity contribution in [3.8, 4) is 0 Å². The van der Waals surface area contributed by atoms with Crippen LogP contribution in [0.15, 0.2) is 29.2 Å². The second kappa shape index (κ2) is 8.47. The number of non-ortho nitro benzene ring substituents is 1. The number of methoxy groups -OCH3 is 1. The molecule has 0 N–H and O–H groups in total. The van der Waals surface area contributed by atoms with E-state index in [0.717, 1.165) is 31.2 Å². The molecule has 24 heavy (non-hydrogen) atoms. The van der Waals surface area contributed by atoms with Gasteiger partial charge in [-0.25, -0.2) is 8.98 Å². The van der Waals surface area contributed by atoms with Crippen LogP contribution in [0.4, 0.5) is 5.69 Å². The number of hydrogen-bond donors (Lipinski definition) is 0. The Kier molecular flexibility index (Phi) is 6.95. The van der Waals surface area contributed by atoms with E-state index in [1.807, 2.05) is 0 Å². The van der Waals surface area contributed by atoms with Crippen molar-refractivity contribution in [1.82, 2.24) is 0 Å². The van der Waals surface area contributed by atoms with Gasteiger partial charge in [0.25, 0.3) is 15.8 Å². The zero-order chi connectivity index (χ0) is 18.3. The fourth-order valence-corrected chi connectivity index (χ4v) is 2.54. The van der Waals surface area contributed by atoms with Crippen molar-refractivity contribution in [1.29, 1.82) is 0 Å². The van der Waals surface area contributed by atoms with Crippen LogP contribution < -0.4 is 0 Å². The Morgan fingerprint density at radius 3 is 2.25 bits per heavy atom. The van der Waals surface area contributed by atoms with Crippen molar-refractivity contribution in [3.05, 3.63) is 34.4 Å². The van der Waals surface area contributed by atoms with Crippen molar-refractivity contribution in [3.63, 3.8) is 0 Å². The molecule has 1 aromatic rings. The quantitative estimate of drug-likeness (QED) is 0.153. The summed E-state index contributed by atoms with van der Waals surface area (Å²) in [5, 5.41) is 10.6. The van der Waals surface area contributed by atoms with Gasteiger partial charge in [0.05, 0.1) is 16.4 Å². The molecule has 1 atom stereocenters. The molecule has 0 amide bonds. The van der Waals surface area contributed by atoms with E-state index in [1.165, 1.54) is 7.11 Å². The minimum atomic E-state index is -4.50. The lowest BCUT2D eigenvalue weighted by atomic mass is 10.3. The van der Waals surface area contributed by atoms with Crippen LogP contribution >= 0.6 is 0 Å². The van der Waals surface area contributed by atoms with Gasteiger partial charge in [0.2, 0.25) is 6.10 Å². The molecule has 1 unspecified atom stereocenters. The molecule has 1 aromatic carbocycles. The lowest BCUT2D eigenvalue weighted by molar-refractivity contribution is -0.384. The van der Waals surface area contributed by atoms with Gasteiger partial charge in [0.1, 0.15) is 6.61 Å². The maximum absolute atomic E-state index is 12.1. The predicted octanol–water partition coefficient (Wildman–Crippen LogP) is 0.447. The summed E-state index contributed by atoms with van der Waals surface area (Å²) in [6.07, 6.45) is -1.97. The second-order valence-electron chi connectivity index (χ2n) is 4.45. The van der Waals surface area contributed by atoms with Gasteiger partial charge in [0, 0.05) is 19.2 Å². The third kappa shape index (κ3) is 5.37. The van der Waals surface area contributed by atoms with Gasteiger partial charge in [-0.05, 0) is 19.1 Å². The predicted molar refractivity (Wildman–Crippen MR) is 78.7 cm³/mol. The number of benzene rings is 1. The molecule has 0 aromatic heterocycles. The van der Waals surface area contributed by atoms with Gasteiger partial charge in [-0.3, -0.25) is 14.9 Å². The number of nitro groups is 1. The molecule has 0 heterocycles. The van der Waals surface area contributed by atoms with Gasteiger partial charge in [-0.1, -0.05) is 0 Å². The number of ketones is 1. The highest BCUT2D eigenvalue weighted by Gasteiger charge is 2.32. The first-order valence-corrected chi connectivity index (χ1v) is 7.93. The van der Waals surface area contributed by atoms with E-state index < -0.39 is 37.8 Å². The van der Waals surface area contributed by atoms with Crippen molar-refractivity contribution < 1.29 is 36.6 Å². The molecule has 0 aliphatic carbocycles. The molecule has 0 bridgehead atoms. The van der Waals surface area contributed by atoms with Crippen LogP contribution in [0.3, 0.4) is 0 Å². The molecular weight excluding hydrogens is 346 g/mol. The number of carbonyl (C=O) groups excluding carboxylic acids is 2. The highest BCUT2D eigenvalue weighted by molar-refractivity contribution is 7.86. The SMILES string of the molecule is COCCOC(=O)C(OS(=O)(=O)c1ccc([N+](=O)[O-])cc1)C(C)=O. The lowest BCUT2D eigenvalue weighted by Crippen LogP contribution is -2.35. The Morgan fingerprint density at radius 1 is 1.21 bits per heavy atom. The third-order valence-corrected chi connectivity index (χ3v) is 3.97. The third-order valence-electron chi connectivity index (χ3n) is 2.67. The van der Waals surface area contributed by atoms with Crippen molar-refractivity contribution in [2.24, 2.45) is 0 Å². The van der Waals surface area contributed by atoms with E-state index in [-0.39, 0.29) is 18.9 Å². The van der Waals surface area contributed by atoms with Crippen molar-refractivity contribution >= 4 is 27.6 Å². The molecular formula is C13H15NO9S. The van der Waals surface area contributed by atoms with Crippen LogP contribution in [0.5, 0.6) is 0 Å². The summed E-state index contributed by atoms with van der Waals surface area (Å²) in [4.78, 5) is 32.6. The number of Topliss-reactive ketones (excluding diaryl/α,β-unsaturated/α-hetero) is 1. The van der Waals surface area contributed by atoms with E-state index in [1.54, 1.807) is 0 Å². The van der Waals surface area contributed by atoms with Crippen LogP contribution in [0.2, 0.25) is 0 Å². The number of hydrogen-bond acceptors (Lipinski definition) is 9. The topological polar surface area (TPSA) is 139 Å². The molecule has 0 radical (unpaired) electrons. The molecule has 0 aliphatic rings. The number of nitro benzene ring substituents is 1. The average molecular weight is 361 g/mol. The maximum Gasteiger partial charge on any atom is 0.344 e. The highest BCUT2D eigenvalue weighted by Crippen LogP contribution is 2.19. The second-order valence-corrected chi connectivity index (χ2v) is 6.02. The Labute approximate surface area is 137 Å². The summed E-state index contributed by atoms with van der Waals surface area (Å²) in [5.74, 6) is -2.05. The Morgan fingerprint density at radius 2 is 1.79 bits per heavy atom. The van der Waals surface area contributed by atoms with Crippen LogP contribution in [-0.2, 0) is 33.4 Å². The average Bonchev–Trinajstić information content (AvgIpc) is 2.52. The first-order chi connectivity index (χ1) is 11.2. The smallest absolute Gasteiger partial charge is 0.344 e. The summed E-state index contributed by atoms with van der Waals surface area (Å²) < 4.78 is 38.1. The maximum atomic E-state index is 12.1. The molecule has 132 valence electrons. The minimum Gasteiger partial charge on any atom is -0.461 e. The Bertz CT molecular complexity index is 711. The number of rotatable bonds is 9. The first-order valence-electron chi connectivity index (χ1n) is 6.53. The van der Waals surface area contributed by atoms with Gasteiger partial charge >= 0.3 is 5.97 Å². The first kappa shape index (κ1) is 19.7. The molecule has 0 aliphatic heterocycles. The Balaban J connectivity index is 2.93. The van der Waals surface area contributed by atoms with Crippen molar-refractivity contribution in [2.45, 2.75) is 17.9 Å². The summed E-state index contributed by atoms with van der Waals surface area (Å²) >= 11 is 0. The standard InChI is InChI=1S/C13H15NO9S/c1-9(15)12(13(16)22-8-7-21-2)23-24(19,20)11-5-3-10(4-6-11)14(17)18/h3-6,12H,7-8H2,1-2H3. The molecule has 0 saturated heterocycles. The normalized spacial score (nSPS) is 12.4. The minimum absolute atomic E-state index is 0.0610. The van der Waals surface area contributed by atoms with E-state index in [2.05, 4.69) is 13.7 Å². The summed E-state index contributed by atoms with van der Waals surface area (Å²) in [7, 11) is -3.13. The molecule has 0 fully saturated rings. The van der Waals surface area contributed by atoms with Gasteiger partial charge in [0.15, 0.2) is 5.78 Å². The lowest BCUT2D eigenvalue weighted by Gasteiger charge is -2.14.